The van der Waals surface area contributed by atoms with Gasteiger partial charge in [0.25, 0.3) is 0 Å². The van der Waals surface area contributed by atoms with E-state index in [9.17, 15) is 9.59 Å². The van der Waals surface area contributed by atoms with Crippen molar-refractivity contribution in [3.63, 3.8) is 0 Å². The molecule has 2 aromatic rings. The van der Waals surface area contributed by atoms with Crippen LogP contribution in [0.25, 0.3) is 10.9 Å². The summed E-state index contributed by atoms with van der Waals surface area (Å²) in [4.78, 5) is 27.8. The molecule has 0 radical (unpaired) electrons. The van der Waals surface area contributed by atoms with Crippen molar-refractivity contribution in [2.24, 2.45) is 0 Å². The van der Waals surface area contributed by atoms with Gasteiger partial charge in [0.05, 0.1) is 17.6 Å². The summed E-state index contributed by atoms with van der Waals surface area (Å²) in [6.07, 6.45) is 5.16. The number of anilines is 1. The fourth-order valence-electron chi connectivity index (χ4n) is 3.65. The number of carbonyl (C=O) groups is 2. The van der Waals surface area contributed by atoms with Crippen molar-refractivity contribution in [2.75, 3.05) is 11.1 Å². The van der Waals surface area contributed by atoms with Crippen LogP contribution in [0.4, 0.5) is 10.5 Å². The second-order valence-electron chi connectivity index (χ2n) is 6.83. The Hall–Kier alpha value is -2.28. The van der Waals surface area contributed by atoms with Crippen molar-refractivity contribution >= 4 is 40.3 Å². The average molecular weight is 370 g/mol. The van der Waals surface area contributed by atoms with Crippen molar-refractivity contribution in [1.29, 1.82) is 0 Å². The van der Waals surface area contributed by atoms with E-state index in [0.717, 1.165) is 41.6 Å². The van der Waals surface area contributed by atoms with Crippen molar-refractivity contribution in [3.8, 4) is 0 Å². The molecule has 0 bridgehead atoms. The zero-order valence-corrected chi connectivity index (χ0v) is 15.2. The van der Waals surface area contributed by atoms with Crippen molar-refractivity contribution in [2.45, 2.75) is 43.0 Å². The second kappa shape index (κ2) is 7.53. The van der Waals surface area contributed by atoms with Gasteiger partial charge in [-0.1, -0.05) is 12.5 Å². The Morgan fingerprint density at radius 1 is 1.27 bits per heavy atom. The molecule has 2 fully saturated rings. The van der Waals surface area contributed by atoms with Crippen LogP contribution in [0.5, 0.6) is 0 Å². The summed E-state index contributed by atoms with van der Waals surface area (Å²) in [5.41, 5.74) is 1.73. The number of rotatable bonds is 6. The molecule has 0 unspecified atom stereocenters. The topological polar surface area (TPSA) is 83.1 Å². The molecule has 3 N–H and O–H groups in total. The van der Waals surface area contributed by atoms with Crippen LogP contribution < -0.4 is 16.0 Å². The third-order valence-corrected chi connectivity index (χ3v) is 6.48. The van der Waals surface area contributed by atoms with Crippen LogP contribution in [0.2, 0.25) is 0 Å². The number of hydrogen-bond acceptors (Lipinski definition) is 4. The van der Waals surface area contributed by atoms with Crippen LogP contribution in [0.1, 0.15) is 25.7 Å². The lowest BCUT2D eigenvalue weighted by Crippen LogP contribution is -2.36. The first-order valence-electron chi connectivity index (χ1n) is 9.02. The number of aromatic nitrogens is 1. The molecule has 136 valence electrons. The molecule has 2 saturated heterocycles. The second-order valence-corrected chi connectivity index (χ2v) is 8.10. The highest BCUT2D eigenvalue weighted by Gasteiger charge is 2.42. The SMILES string of the molecule is O=C(CCCC[C@@H]1SC[C@H]2NC(=O)N[C@@H]12)Nc1ccc2ncccc2c1. The van der Waals surface area contributed by atoms with E-state index in [1.54, 1.807) is 6.20 Å². The van der Waals surface area contributed by atoms with Crippen LogP contribution in [-0.4, -0.2) is 40.0 Å². The Balaban J connectivity index is 1.21. The summed E-state index contributed by atoms with van der Waals surface area (Å²) < 4.78 is 0. The van der Waals surface area contributed by atoms with Gasteiger partial charge < -0.3 is 16.0 Å². The maximum absolute atomic E-state index is 12.2. The number of nitrogens with zero attached hydrogens (tertiary/aromatic N) is 1. The van der Waals surface area contributed by atoms with Crippen LogP contribution in [0, 0.1) is 0 Å². The zero-order chi connectivity index (χ0) is 17.9. The predicted octanol–water partition coefficient (Wildman–Crippen LogP) is 2.90. The summed E-state index contributed by atoms with van der Waals surface area (Å²) in [6, 6.07) is 10.1. The highest BCUT2D eigenvalue weighted by molar-refractivity contribution is 8.00. The Morgan fingerprint density at radius 2 is 2.19 bits per heavy atom. The molecule has 0 spiro atoms. The third-order valence-electron chi connectivity index (χ3n) is 4.97. The van der Waals surface area contributed by atoms with Crippen molar-refractivity contribution < 1.29 is 9.59 Å². The van der Waals surface area contributed by atoms with E-state index in [2.05, 4.69) is 20.9 Å². The molecule has 7 heteroatoms. The number of carbonyl (C=O) groups excluding carboxylic acids is 2. The van der Waals surface area contributed by atoms with Gasteiger partial charge in [-0.3, -0.25) is 9.78 Å². The molecule has 1 aromatic heterocycles. The molecular formula is C19H22N4O2S. The van der Waals surface area contributed by atoms with Crippen LogP contribution in [0.3, 0.4) is 0 Å². The lowest BCUT2D eigenvalue weighted by molar-refractivity contribution is -0.116. The summed E-state index contributed by atoms with van der Waals surface area (Å²) >= 11 is 1.92. The molecule has 0 aliphatic carbocycles. The van der Waals surface area contributed by atoms with E-state index >= 15 is 0 Å². The molecule has 0 saturated carbocycles. The third kappa shape index (κ3) is 3.77. The van der Waals surface area contributed by atoms with E-state index in [-0.39, 0.29) is 24.0 Å². The number of fused-ring (bicyclic) bond motifs is 2. The van der Waals surface area contributed by atoms with E-state index < -0.39 is 0 Å². The van der Waals surface area contributed by atoms with E-state index in [4.69, 9.17) is 0 Å². The smallest absolute Gasteiger partial charge is 0.315 e. The fraction of sp³-hybridized carbons (Fsp3) is 0.421. The van der Waals surface area contributed by atoms with Gasteiger partial charge in [-0.05, 0) is 37.1 Å². The molecular weight excluding hydrogens is 348 g/mol. The molecule has 2 aliphatic heterocycles. The fourth-order valence-corrected chi connectivity index (χ4v) is 5.19. The van der Waals surface area contributed by atoms with Gasteiger partial charge in [0.1, 0.15) is 0 Å². The van der Waals surface area contributed by atoms with Gasteiger partial charge in [-0.25, -0.2) is 4.79 Å². The van der Waals surface area contributed by atoms with E-state index in [0.29, 0.717) is 11.7 Å². The largest absolute Gasteiger partial charge is 0.332 e. The minimum Gasteiger partial charge on any atom is -0.332 e. The molecule has 6 nitrogen and oxygen atoms in total. The summed E-state index contributed by atoms with van der Waals surface area (Å²) in [5.74, 6) is 1.02. The lowest BCUT2D eigenvalue weighted by Gasteiger charge is -2.16. The summed E-state index contributed by atoms with van der Waals surface area (Å²) in [6.45, 7) is 0. The first kappa shape index (κ1) is 17.1. The first-order chi connectivity index (χ1) is 12.7. The Kier molecular flexibility index (Phi) is 4.97. The maximum atomic E-state index is 12.2. The van der Waals surface area contributed by atoms with Crippen LogP contribution in [-0.2, 0) is 4.79 Å². The molecule has 2 aliphatic rings. The number of hydrogen-bond donors (Lipinski definition) is 3. The quantitative estimate of drug-likeness (QED) is 0.539. The standard InChI is InChI=1S/C19H22N4O2S/c24-17(21-13-7-8-14-12(10-13)4-3-9-20-14)6-2-1-5-16-18-15(11-26-16)22-19(25)23-18/h3-4,7-10,15-16,18H,1-2,5-6,11H2,(H,21,24)(H2,22,23,25)/t15-,16+,18-/m1/s1. The predicted molar refractivity (Wildman–Crippen MR) is 104 cm³/mol. The summed E-state index contributed by atoms with van der Waals surface area (Å²) in [5, 5.41) is 10.4. The highest BCUT2D eigenvalue weighted by atomic mass is 32.2. The number of benzene rings is 1. The number of pyridine rings is 1. The van der Waals surface area contributed by atoms with Crippen molar-refractivity contribution in [3.05, 3.63) is 36.5 Å². The van der Waals surface area contributed by atoms with Gasteiger partial charge in [-0.2, -0.15) is 11.8 Å². The molecule has 1 aromatic carbocycles. The summed E-state index contributed by atoms with van der Waals surface area (Å²) in [7, 11) is 0. The van der Waals surface area contributed by atoms with Crippen LogP contribution in [0.15, 0.2) is 36.5 Å². The van der Waals surface area contributed by atoms with Gasteiger partial charge in [-0.15, -0.1) is 0 Å². The number of unbranched alkanes of at least 4 members (excludes halogenated alkanes) is 1. The van der Waals surface area contributed by atoms with Crippen molar-refractivity contribution in [1.82, 2.24) is 15.6 Å². The van der Waals surface area contributed by atoms with Gasteiger partial charge in [0.2, 0.25) is 5.91 Å². The number of urea groups is 1. The maximum Gasteiger partial charge on any atom is 0.315 e. The average Bonchev–Trinajstić information content (AvgIpc) is 3.18. The van der Waals surface area contributed by atoms with Crippen LogP contribution >= 0.6 is 11.8 Å². The van der Waals surface area contributed by atoms with E-state index in [1.165, 1.54) is 0 Å². The van der Waals surface area contributed by atoms with Gasteiger partial charge >= 0.3 is 6.03 Å². The number of thioether (sulfide) groups is 1. The molecule has 3 amide bonds. The highest BCUT2D eigenvalue weighted by Crippen LogP contribution is 2.33. The zero-order valence-electron chi connectivity index (χ0n) is 14.4. The Labute approximate surface area is 156 Å². The lowest BCUT2D eigenvalue weighted by atomic mass is 10.0. The molecule has 26 heavy (non-hydrogen) atoms. The molecule has 3 atom stereocenters. The van der Waals surface area contributed by atoms with Gasteiger partial charge in [0.15, 0.2) is 0 Å². The van der Waals surface area contributed by atoms with Gasteiger partial charge in [0, 0.05) is 34.7 Å². The monoisotopic (exact) mass is 370 g/mol. The Morgan fingerprint density at radius 3 is 3.12 bits per heavy atom. The normalized spacial score (nSPS) is 24.2. The van der Waals surface area contributed by atoms with E-state index in [1.807, 2.05) is 42.1 Å². The minimum atomic E-state index is -0.0461. The number of nitrogens with one attached hydrogen (secondary N) is 3. The molecule has 4 rings (SSSR count). The first-order valence-corrected chi connectivity index (χ1v) is 10.1. The Bertz CT molecular complexity index is 828. The number of amides is 3. The minimum absolute atomic E-state index is 0.0426. The molecule has 3 heterocycles.